The Hall–Kier alpha value is -0.920. The van der Waals surface area contributed by atoms with Crippen LogP contribution in [0.2, 0.25) is 0 Å². The second-order valence-electron chi connectivity index (χ2n) is 5.29. The van der Waals surface area contributed by atoms with Crippen molar-refractivity contribution in [2.75, 3.05) is 0 Å². The van der Waals surface area contributed by atoms with Gasteiger partial charge in [0.1, 0.15) is 0 Å². The SMILES string of the molecule is O=S(=O)(NC1CC2CCC1C2)c1[nH]ncc1CO. The standard InChI is InChI=1S/C11H17N3O3S/c15-6-9-5-12-13-11(9)18(16,17)14-10-4-7-1-2-8(10)3-7/h5,7-8,10,14-15H,1-4,6H2,(H,12,13). The van der Waals surface area contributed by atoms with E-state index in [1.54, 1.807) is 0 Å². The van der Waals surface area contributed by atoms with Crippen LogP contribution in [-0.4, -0.2) is 29.8 Å². The first kappa shape index (κ1) is 12.1. The maximum atomic E-state index is 12.2. The minimum Gasteiger partial charge on any atom is -0.392 e. The molecule has 1 aromatic heterocycles. The molecule has 2 aliphatic carbocycles. The maximum absolute atomic E-state index is 12.2. The van der Waals surface area contributed by atoms with Crippen molar-refractivity contribution in [1.29, 1.82) is 0 Å². The third-order valence-electron chi connectivity index (χ3n) is 4.16. The molecule has 0 aliphatic heterocycles. The third kappa shape index (κ3) is 1.96. The summed E-state index contributed by atoms with van der Waals surface area (Å²) in [6.07, 6.45) is 5.77. The monoisotopic (exact) mass is 271 g/mol. The van der Waals surface area contributed by atoms with Crippen molar-refractivity contribution in [3.05, 3.63) is 11.8 Å². The summed E-state index contributed by atoms with van der Waals surface area (Å²) in [5.41, 5.74) is 0.311. The van der Waals surface area contributed by atoms with Crippen molar-refractivity contribution in [3.8, 4) is 0 Å². The lowest BCUT2D eigenvalue weighted by atomic mass is 9.96. The Morgan fingerprint density at radius 3 is 2.89 bits per heavy atom. The van der Waals surface area contributed by atoms with Crippen LogP contribution in [-0.2, 0) is 16.6 Å². The number of H-pyrrole nitrogens is 1. The molecule has 2 aliphatic rings. The number of nitrogens with one attached hydrogen (secondary N) is 2. The molecule has 2 saturated carbocycles. The van der Waals surface area contributed by atoms with E-state index in [1.807, 2.05) is 0 Å². The van der Waals surface area contributed by atoms with Crippen LogP contribution in [0, 0.1) is 11.8 Å². The number of aliphatic hydroxyl groups excluding tert-OH is 1. The molecule has 0 spiro atoms. The van der Waals surface area contributed by atoms with Gasteiger partial charge in [-0.25, -0.2) is 13.1 Å². The molecule has 3 unspecified atom stereocenters. The summed E-state index contributed by atoms with van der Waals surface area (Å²) in [4.78, 5) is 0. The molecule has 3 rings (SSSR count). The topological polar surface area (TPSA) is 95.1 Å². The Labute approximate surface area is 106 Å². The number of fused-ring (bicyclic) bond motifs is 2. The molecule has 0 aromatic carbocycles. The minimum absolute atomic E-state index is 0.00669. The number of aromatic nitrogens is 2. The molecule has 3 atom stereocenters. The molecular weight excluding hydrogens is 254 g/mol. The molecule has 1 aromatic rings. The van der Waals surface area contributed by atoms with Gasteiger partial charge in [0.25, 0.3) is 10.0 Å². The van der Waals surface area contributed by atoms with E-state index in [2.05, 4.69) is 14.9 Å². The summed E-state index contributed by atoms with van der Waals surface area (Å²) in [5.74, 6) is 1.16. The highest BCUT2D eigenvalue weighted by Crippen LogP contribution is 2.44. The van der Waals surface area contributed by atoms with Crippen LogP contribution >= 0.6 is 0 Å². The first-order chi connectivity index (χ1) is 8.60. The van der Waals surface area contributed by atoms with Gasteiger partial charge >= 0.3 is 0 Å². The smallest absolute Gasteiger partial charge is 0.258 e. The lowest BCUT2D eigenvalue weighted by Crippen LogP contribution is -2.38. The Kier molecular flexibility index (Phi) is 2.91. The Balaban J connectivity index is 1.79. The van der Waals surface area contributed by atoms with E-state index < -0.39 is 10.0 Å². The maximum Gasteiger partial charge on any atom is 0.258 e. The quantitative estimate of drug-likeness (QED) is 0.737. The lowest BCUT2D eigenvalue weighted by molar-refractivity contribution is 0.278. The molecule has 100 valence electrons. The van der Waals surface area contributed by atoms with Gasteiger partial charge in [0.05, 0.1) is 12.8 Å². The molecule has 2 bridgehead atoms. The molecule has 1 heterocycles. The molecule has 0 radical (unpaired) electrons. The van der Waals surface area contributed by atoms with Crippen LogP contribution in [0.4, 0.5) is 0 Å². The molecule has 18 heavy (non-hydrogen) atoms. The number of sulfonamides is 1. The van der Waals surface area contributed by atoms with Gasteiger partial charge in [0.2, 0.25) is 0 Å². The number of nitrogens with zero attached hydrogens (tertiary/aromatic N) is 1. The van der Waals surface area contributed by atoms with Crippen molar-refractivity contribution in [2.45, 2.75) is 43.4 Å². The molecule has 3 N–H and O–H groups in total. The van der Waals surface area contributed by atoms with E-state index >= 15 is 0 Å². The highest BCUT2D eigenvalue weighted by molar-refractivity contribution is 7.89. The predicted octanol–water partition coefficient (Wildman–Crippen LogP) is 0.369. The van der Waals surface area contributed by atoms with Crippen molar-refractivity contribution in [1.82, 2.24) is 14.9 Å². The summed E-state index contributed by atoms with van der Waals surface area (Å²) in [6.45, 7) is -0.330. The number of rotatable bonds is 4. The van der Waals surface area contributed by atoms with Crippen LogP contribution in [0.3, 0.4) is 0 Å². The van der Waals surface area contributed by atoms with E-state index in [-0.39, 0.29) is 17.7 Å². The van der Waals surface area contributed by atoms with Crippen LogP contribution in [0.25, 0.3) is 0 Å². The summed E-state index contributed by atoms with van der Waals surface area (Å²) < 4.78 is 27.2. The zero-order valence-corrected chi connectivity index (χ0v) is 10.8. The number of aromatic amines is 1. The van der Waals surface area contributed by atoms with Gasteiger partial charge < -0.3 is 5.11 Å². The van der Waals surface area contributed by atoms with Gasteiger partial charge in [-0.3, -0.25) is 5.10 Å². The normalized spacial score (nSPS) is 31.1. The fourth-order valence-corrected chi connectivity index (χ4v) is 4.73. The number of hydrogen-bond acceptors (Lipinski definition) is 4. The molecule has 6 nitrogen and oxygen atoms in total. The van der Waals surface area contributed by atoms with Gasteiger partial charge in [0.15, 0.2) is 5.03 Å². The van der Waals surface area contributed by atoms with E-state index in [1.165, 1.54) is 12.6 Å². The highest BCUT2D eigenvalue weighted by Gasteiger charge is 2.41. The zero-order chi connectivity index (χ0) is 12.8. The second-order valence-corrected chi connectivity index (χ2v) is 6.94. The van der Waals surface area contributed by atoms with Gasteiger partial charge in [-0.05, 0) is 31.1 Å². The average molecular weight is 271 g/mol. The van der Waals surface area contributed by atoms with Crippen LogP contribution in [0.1, 0.15) is 31.2 Å². The van der Waals surface area contributed by atoms with E-state index in [0.717, 1.165) is 19.3 Å². The Bertz CT molecular complexity index is 539. The average Bonchev–Trinajstić information content (AvgIpc) is 3.03. The zero-order valence-electron chi connectivity index (χ0n) is 9.96. The van der Waals surface area contributed by atoms with Crippen molar-refractivity contribution in [3.63, 3.8) is 0 Å². The van der Waals surface area contributed by atoms with E-state index in [9.17, 15) is 8.42 Å². The largest absolute Gasteiger partial charge is 0.392 e. The van der Waals surface area contributed by atoms with Crippen LogP contribution < -0.4 is 4.72 Å². The predicted molar refractivity (Wildman–Crippen MR) is 64.1 cm³/mol. The van der Waals surface area contributed by atoms with Gasteiger partial charge in [-0.1, -0.05) is 6.42 Å². The second kappa shape index (κ2) is 4.32. The minimum atomic E-state index is -3.59. The van der Waals surface area contributed by atoms with Crippen LogP contribution in [0.15, 0.2) is 11.2 Å². The molecule has 7 heteroatoms. The first-order valence-corrected chi connectivity index (χ1v) is 7.74. The van der Waals surface area contributed by atoms with Gasteiger partial charge in [0, 0.05) is 11.6 Å². The Morgan fingerprint density at radius 1 is 1.44 bits per heavy atom. The van der Waals surface area contributed by atoms with Crippen LogP contribution in [0.5, 0.6) is 0 Å². The molecule has 2 fully saturated rings. The van der Waals surface area contributed by atoms with Crippen molar-refractivity contribution < 1.29 is 13.5 Å². The summed E-state index contributed by atoms with van der Waals surface area (Å²) in [6, 6.07) is 0.0450. The summed E-state index contributed by atoms with van der Waals surface area (Å²) in [7, 11) is -3.59. The molecular formula is C11H17N3O3S. The Morgan fingerprint density at radius 2 is 2.28 bits per heavy atom. The molecule has 0 amide bonds. The molecule has 0 saturated heterocycles. The first-order valence-electron chi connectivity index (χ1n) is 6.25. The fourth-order valence-electron chi connectivity index (χ4n) is 3.29. The number of aliphatic hydroxyl groups is 1. The highest BCUT2D eigenvalue weighted by atomic mass is 32.2. The van der Waals surface area contributed by atoms with Gasteiger partial charge in [-0.2, -0.15) is 5.10 Å². The summed E-state index contributed by atoms with van der Waals surface area (Å²) >= 11 is 0. The van der Waals surface area contributed by atoms with Crippen molar-refractivity contribution in [2.24, 2.45) is 11.8 Å². The van der Waals surface area contributed by atoms with E-state index in [4.69, 9.17) is 5.11 Å². The summed E-state index contributed by atoms with van der Waals surface area (Å²) in [5, 5.41) is 15.2. The number of hydrogen-bond donors (Lipinski definition) is 3. The van der Waals surface area contributed by atoms with E-state index in [0.29, 0.717) is 17.4 Å². The van der Waals surface area contributed by atoms with Crippen molar-refractivity contribution >= 4 is 10.0 Å². The fraction of sp³-hybridized carbons (Fsp3) is 0.727. The third-order valence-corrected chi connectivity index (χ3v) is 5.67. The van der Waals surface area contributed by atoms with Gasteiger partial charge in [-0.15, -0.1) is 0 Å². The lowest BCUT2D eigenvalue weighted by Gasteiger charge is -2.22.